The fourth-order valence-electron chi connectivity index (χ4n) is 4.48. The summed E-state index contributed by atoms with van der Waals surface area (Å²) in [4.78, 5) is 39.6. The molecule has 2 aliphatic rings. The molecule has 35 heavy (non-hydrogen) atoms. The van der Waals surface area contributed by atoms with E-state index in [0.717, 1.165) is 18.4 Å². The van der Waals surface area contributed by atoms with Crippen LogP contribution in [0, 0.1) is 12.8 Å². The predicted octanol–water partition coefficient (Wildman–Crippen LogP) is 2.09. The lowest BCUT2D eigenvalue weighted by Gasteiger charge is -2.31. The molecule has 186 valence electrons. The molecular weight excluding hydrogens is 468 g/mol. The highest BCUT2D eigenvalue weighted by Gasteiger charge is 2.29. The van der Waals surface area contributed by atoms with Gasteiger partial charge in [-0.3, -0.25) is 25.2 Å². The molecule has 2 saturated heterocycles. The molecule has 2 aliphatic heterocycles. The van der Waals surface area contributed by atoms with E-state index < -0.39 is 15.9 Å². The van der Waals surface area contributed by atoms with Crippen LogP contribution in [0.5, 0.6) is 0 Å². The maximum absolute atomic E-state index is 12.8. The second kappa shape index (κ2) is 10.6. The molecule has 4 rings (SSSR count). The molecule has 0 atom stereocenters. The Morgan fingerprint density at radius 2 is 1.49 bits per heavy atom. The number of nitrogens with one attached hydrogen (secondary N) is 2. The molecular formula is C25H30N4O5S. The van der Waals surface area contributed by atoms with Crippen LogP contribution in [0.4, 0.5) is 0 Å². The van der Waals surface area contributed by atoms with Crippen molar-refractivity contribution in [1.29, 1.82) is 0 Å². The van der Waals surface area contributed by atoms with E-state index in [1.165, 1.54) is 28.6 Å². The minimum Gasteiger partial charge on any atom is -0.339 e. The summed E-state index contributed by atoms with van der Waals surface area (Å²) in [5.74, 6) is -1.19. The number of nitrogens with zero attached hydrogens (tertiary/aromatic N) is 2. The average Bonchev–Trinajstić information content (AvgIpc) is 3.43. The van der Waals surface area contributed by atoms with Gasteiger partial charge in [-0.05, 0) is 68.5 Å². The van der Waals surface area contributed by atoms with E-state index in [1.807, 2.05) is 25.1 Å². The Bertz CT molecular complexity index is 1200. The number of rotatable bonds is 5. The molecule has 0 unspecified atom stereocenters. The van der Waals surface area contributed by atoms with Crippen molar-refractivity contribution in [1.82, 2.24) is 20.1 Å². The van der Waals surface area contributed by atoms with Gasteiger partial charge in [-0.25, -0.2) is 8.42 Å². The van der Waals surface area contributed by atoms with Crippen molar-refractivity contribution < 1.29 is 22.8 Å². The van der Waals surface area contributed by atoms with Crippen LogP contribution in [0.25, 0.3) is 0 Å². The molecule has 0 bridgehead atoms. The molecule has 0 radical (unpaired) electrons. The molecule has 0 aromatic heterocycles. The lowest BCUT2D eigenvalue weighted by Crippen LogP contribution is -2.48. The topological polar surface area (TPSA) is 116 Å². The average molecular weight is 499 g/mol. The molecule has 2 aromatic carbocycles. The van der Waals surface area contributed by atoms with Crippen LogP contribution in [0.2, 0.25) is 0 Å². The van der Waals surface area contributed by atoms with E-state index in [9.17, 15) is 22.8 Å². The van der Waals surface area contributed by atoms with Gasteiger partial charge in [0.2, 0.25) is 15.9 Å². The summed E-state index contributed by atoms with van der Waals surface area (Å²) < 4.78 is 26.7. The summed E-state index contributed by atoms with van der Waals surface area (Å²) in [6.07, 6.45) is 2.70. The van der Waals surface area contributed by atoms with Crippen molar-refractivity contribution in [2.45, 2.75) is 37.5 Å². The van der Waals surface area contributed by atoms with Gasteiger partial charge in [-0.2, -0.15) is 4.31 Å². The normalized spacial score (nSPS) is 17.2. The lowest BCUT2D eigenvalue weighted by molar-refractivity contribution is -0.127. The number of sulfonamides is 1. The molecule has 0 aliphatic carbocycles. The highest BCUT2D eigenvalue weighted by Crippen LogP contribution is 2.22. The minimum atomic E-state index is -3.55. The molecule has 0 spiro atoms. The van der Waals surface area contributed by atoms with Crippen molar-refractivity contribution in [2.75, 3.05) is 26.2 Å². The minimum absolute atomic E-state index is 0.0366. The Morgan fingerprint density at radius 3 is 2.11 bits per heavy atom. The van der Waals surface area contributed by atoms with Gasteiger partial charge in [0, 0.05) is 43.2 Å². The van der Waals surface area contributed by atoms with Gasteiger partial charge in [-0.1, -0.05) is 18.2 Å². The van der Waals surface area contributed by atoms with Gasteiger partial charge in [0.05, 0.1) is 4.90 Å². The number of carbonyl (C=O) groups is 3. The van der Waals surface area contributed by atoms with Crippen LogP contribution in [0.15, 0.2) is 53.4 Å². The van der Waals surface area contributed by atoms with Crippen LogP contribution in [0.1, 0.15) is 52.0 Å². The summed E-state index contributed by atoms with van der Waals surface area (Å²) in [5, 5.41) is 0. The number of likely N-dealkylation sites (tertiary alicyclic amines) is 1. The summed E-state index contributed by atoms with van der Waals surface area (Å²) in [7, 11) is -3.55. The highest BCUT2D eigenvalue weighted by molar-refractivity contribution is 7.89. The fourth-order valence-corrected chi connectivity index (χ4v) is 5.99. The van der Waals surface area contributed by atoms with Gasteiger partial charge < -0.3 is 4.90 Å². The summed E-state index contributed by atoms with van der Waals surface area (Å²) in [6.45, 7) is 3.85. The third-order valence-corrected chi connectivity index (χ3v) is 8.56. The number of hydrazine groups is 1. The molecule has 2 heterocycles. The Morgan fingerprint density at radius 1 is 0.857 bits per heavy atom. The lowest BCUT2D eigenvalue weighted by atomic mass is 9.95. The number of aryl methyl sites for hydroxylation is 1. The quantitative estimate of drug-likeness (QED) is 0.613. The summed E-state index contributed by atoms with van der Waals surface area (Å²) >= 11 is 0. The van der Waals surface area contributed by atoms with E-state index in [1.54, 1.807) is 11.0 Å². The smallest absolute Gasteiger partial charge is 0.269 e. The fraction of sp³-hybridized carbons (Fsp3) is 0.400. The maximum atomic E-state index is 12.8. The van der Waals surface area contributed by atoms with Gasteiger partial charge >= 0.3 is 0 Å². The molecule has 0 saturated carbocycles. The SMILES string of the molecule is Cc1ccccc1C(=O)N1CCC(C(=O)NNC(=O)c2ccc(S(=O)(=O)N3CCCC3)cc2)CC1. The van der Waals surface area contributed by atoms with Gasteiger partial charge in [0.1, 0.15) is 0 Å². The van der Waals surface area contributed by atoms with E-state index in [-0.39, 0.29) is 28.2 Å². The Kier molecular flexibility index (Phi) is 7.51. The third-order valence-electron chi connectivity index (χ3n) is 6.65. The zero-order chi connectivity index (χ0) is 25.0. The number of hydrogen-bond donors (Lipinski definition) is 2. The zero-order valence-electron chi connectivity index (χ0n) is 19.7. The first-order valence-corrected chi connectivity index (χ1v) is 13.3. The summed E-state index contributed by atoms with van der Waals surface area (Å²) in [6, 6.07) is 13.1. The van der Waals surface area contributed by atoms with E-state index >= 15 is 0 Å². The maximum Gasteiger partial charge on any atom is 0.269 e. The number of carbonyl (C=O) groups excluding carboxylic acids is 3. The van der Waals surface area contributed by atoms with Crippen LogP contribution >= 0.6 is 0 Å². The van der Waals surface area contributed by atoms with Crippen LogP contribution < -0.4 is 10.9 Å². The van der Waals surface area contributed by atoms with E-state index in [0.29, 0.717) is 44.6 Å². The molecule has 2 N–H and O–H groups in total. The third kappa shape index (κ3) is 5.54. The monoisotopic (exact) mass is 498 g/mol. The van der Waals surface area contributed by atoms with Crippen molar-refractivity contribution in [3.8, 4) is 0 Å². The molecule has 2 aromatic rings. The number of benzene rings is 2. The standard InChI is InChI=1S/C25H30N4O5S/c1-18-6-2-3-7-22(18)25(32)28-16-12-20(13-17-28)24(31)27-26-23(30)19-8-10-21(11-9-19)35(33,34)29-14-4-5-15-29/h2-3,6-11,20H,4-5,12-17H2,1H3,(H,26,30)(H,27,31). The zero-order valence-corrected chi connectivity index (χ0v) is 20.5. The highest BCUT2D eigenvalue weighted by atomic mass is 32.2. The molecule has 3 amide bonds. The van der Waals surface area contributed by atoms with E-state index in [2.05, 4.69) is 10.9 Å². The van der Waals surface area contributed by atoms with Crippen molar-refractivity contribution in [2.24, 2.45) is 5.92 Å². The van der Waals surface area contributed by atoms with Crippen molar-refractivity contribution in [3.63, 3.8) is 0 Å². The number of hydrogen-bond acceptors (Lipinski definition) is 5. The van der Waals surface area contributed by atoms with E-state index in [4.69, 9.17) is 0 Å². The first kappa shape index (κ1) is 24.9. The predicted molar refractivity (Wildman–Crippen MR) is 130 cm³/mol. The van der Waals surface area contributed by atoms with Crippen molar-refractivity contribution >= 4 is 27.7 Å². The first-order chi connectivity index (χ1) is 16.8. The molecule has 10 heteroatoms. The van der Waals surface area contributed by atoms with Crippen molar-refractivity contribution in [3.05, 3.63) is 65.2 Å². The second-order valence-electron chi connectivity index (χ2n) is 8.96. The molecule has 9 nitrogen and oxygen atoms in total. The van der Waals surface area contributed by atoms with Crippen LogP contribution in [0.3, 0.4) is 0 Å². The van der Waals surface area contributed by atoms with Crippen LogP contribution in [-0.4, -0.2) is 61.5 Å². The Hall–Kier alpha value is -3.24. The first-order valence-electron chi connectivity index (χ1n) is 11.8. The second-order valence-corrected chi connectivity index (χ2v) is 10.9. The van der Waals surface area contributed by atoms with Gasteiger partial charge in [0.25, 0.3) is 11.8 Å². The Labute approximate surface area is 205 Å². The van der Waals surface area contributed by atoms with Gasteiger partial charge in [-0.15, -0.1) is 0 Å². The summed E-state index contributed by atoms with van der Waals surface area (Å²) in [5.41, 5.74) is 6.68. The largest absolute Gasteiger partial charge is 0.339 e. The number of amides is 3. The van der Waals surface area contributed by atoms with Gasteiger partial charge in [0.15, 0.2) is 0 Å². The number of piperidine rings is 1. The Balaban J connectivity index is 1.26. The van der Waals surface area contributed by atoms with Crippen LogP contribution in [-0.2, 0) is 14.8 Å². The molecule has 2 fully saturated rings.